The van der Waals surface area contributed by atoms with Crippen LogP contribution in [0.3, 0.4) is 0 Å². The van der Waals surface area contributed by atoms with Crippen molar-refractivity contribution in [2.45, 2.75) is 13.8 Å². The number of benzene rings is 3. The van der Waals surface area contributed by atoms with Gasteiger partial charge in [0.1, 0.15) is 23.0 Å². The highest BCUT2D eigenvalue weighted by Crippen LogP contribution is 2.34. The van der Waals surface area contributed by atoms with Crippen LogP contribution in [-0.4, -0.2) is 43.1 Å². The standard InChI is InChI=1S/C27H21ClN6O4/c1-3-29-25(35)15-23-27-32-31-16(2)33(27)24-12-11-21(38-20-6-4-5-19(13-20)34(36)37)14-22(24)26(30-23)17-7-9-18(28)10-8-17/h4-15H,3H2,1-2H3,(H-,29,35,36,37)/p+1/b23-15-. The van der Waals surface area contributed by atoms with Gasteiger partial charge in [-0.3, -0.25) is 9.36 Å². The van der Waals surface area contributed by atoms with Crippen LogP contribution in [0.2, 0.25) is 5.02 Å². The maximum atomic E-state index is 12.5. The summed E-state index contributed by atoms with van der Waals surface area (Å²) >= 11 is 6.15. The first-order valence-corrected chi connectivity index (χ1v) is 12.1. The van der Waals surface area contributed by atoms with E-state index in [0.717, 1.165) is 11.3 Å². The molecule has 0 saturated heterocycles. The Bertz CT molecular complexity index is 1630. The van der Waals surface area contributed by atoms with Crippen LogP contribution in [0, 0.1) is 11.8 Å². The fourth-order valence-corrected chi connectivity index (χ4v) is 4.21. The number of fused-ring (bicyclic) bond motifs is 3. The fourth-order valence-electron chi connectivity index (χ4n) is 4.09. The molecule has 3 aromatic carbocycles. The lowest BCUT2D eigenvalue weighted by Gasteiger charge is -2.14. The molecular weight excluding hydrogens is 508 g/mol. The molecule has 0 saturated carbocycles. The summed E-state index contributed by atoms with van der Waals surface area (Å²) in [4.78, 5) is 28.5. The van der Waals surface area contributed by atoms with E-state index in [4.69, 9.17) is 21.3 Å². The minimum atomic E-state index is -0.305. The van der Waals surface area contributed by atoms with E-state index >= 15 is 0 Å². The van der Waals surface area contributed by atoms with E-state index < -0.39 is 0 Å². The molecule has 11 heteroatoms. The van der Waals surface area contributed by atoms with Gasteiger partial charge in [-0.1, -0.05) is 29.8 Å². The van der Waals surface area contributed by atoms with Gasteiger partial charge in [0.2, 0.25) is 5.91 Å². The summed E-state index contributed by atoms with van der Waals surface area (Å²) in [5.41, 5.74) is 3.12. The van der Waals surface area contributed by atoms with Crippen LogP contribution >= 0.6 is 11.6 Å². The topological polar surface area (TPSA) is 122 Å². The third kappa shape index (κ3) is 4.89. The fraction of sp³-hybridized carbons (Fsp3) is 0.111. The molecular formula is C27H22ClN6O4+. The molecule has 1 aliphatic rings. The molecule has 4 aromatic rings. The molecule has 2 N–H and O–H groups in total. The maximum Gasteiger partial charge on any atom is 0.320 e. The van der Waals surface area contributed by atoms with Gasteiger partial charge in [-0.2, -0.15) is 0 Å². The van der Waals surface area contributed by atoms with E-state index in [9.17, 15) is 14.9 Å². The number of amides is 1. The number of likely N-dealkylation sites (N-methyl/N-ethyl adjacent to an activating group) is 1. The second kappa shape index (κ2) is 10.3. The van der Waals surface area contributed by atoms with Gasteiger partial charge in [0.25, 0.3) is 4.92 Å². The van der Waals surface area contributed by atoms with Crippen LogP contribution in [0.15, 0.2) is 77.8 Å². The number of aryl methyl sites for hydroxylation is 1. The smallest absolute Gasteiger partial charge is 0.320 e. The highest BCUT2D eigenvalue weighted by atomic mass is 35.5. The summed E-state index contributed by atoms with van der Waals surface area (Å²) in [6, 6.07) is 18.8. The lowest BCUT2D eigenvalue weighted by molar-refractivity contribution is -0.729. The van der Waals surface area contributed by atoms with Gasteiger partial charge < -0.3 is 10.1 Å². The van der Waals surface area contributed by atoms with Crippen molar-refractivity contribution in [1.29, 1.82) is 0 Å². The van der Waals surface area contributed by atoms with Crippen molar-refractivity contribution in [3.8, 4) is 17.2 Å². The van der Waals surface area contributed by atoms with Gasteiger partial charge in [-0.15, -0.1) is 10.2 Å². The number of ether oxygens (including phenoxy) is 1. The van der Waals surface area contributed by atoms with Crippen LogP contribution < -0.4 is 10.1 Å². The van der Waals surface area contributed by atoms with Crippen molar-refractivity contribution in [3.63, 3.8) is 0 Å². The Morgan fingerprint density at radius 1 is 1.11 bits per heavy atom. The predicted molar refractivity (Wildman–Crippen MR) is 141 cm³/mol. The number of hydrogen-bond acceptors (Lipinski definition) is 6. The average molecular weight is 530 g/mol. The molecule has 0 unspecified atom stereocenters. The van der Waals surface area contributed by atoms with E-state index in [2.05, 4.69) is 15.5 Å². The zero-order valence-electron chi connectivity index (χ0n) is 20.4. The van der Waals surface area contributed by atoms with E-state index in [-0.39, 0.29) is 16.5 Å². The van der Waals surface area contributed by atoms with Gasteiger partial charge in [-0.25, -0.2) is 10.2 Å². The molecule has 1 amide bonds. The lowest BCUT2D eigenvalue weighted by Crippen LogP contribution is -2.20. The monoisotopic (exact) mass is 529 g/mol. The number of aromatic nitrogens is 3. The molecule has 38 heavy (non-hydrogen) atoms. The highest BCUT2D eigenvalue weighted by Gasteiger charge is 2.26. The van der Waals surface area contributed by atoms with Gasteiger partial charge in [0, 0.05) is 34.8 Å². The van der Waals surface area contributed by atoms with Gasteiger partial charge >= 0.3 is 5.69 Å². The normalized spacial score (nSPS) is 13.2. The summed E-state index contributed by atoms with van der Waals surface area (Å²) in [5.74, 6) is 1.53. The number of aliphatic imine (C=N–C) groups is 1. The van der Waals surface area contributed by atoms with Gasteiger partial charge in [-0.05, 0) is 50.2 Å². The van der Waals surface area contributed by atoms with Crippen LogP contribution in [0.4, 0.5) is 5.69 Å². The summed E-state index contributed by atoms with van der Waals surface area (Å²) in [6.07, 6.45) is 1.40. The molecule has 0 atom stereocenters. The maximum absolute atomic E-state index is 12.5. The van der Waals surface area contributed by atoms with Gasteiger partial charge in [0.15, 0.2) is 5.82 Å². The molecule has 1 aromatic heterocycles. The Hall–Kier alpha value is -4.83. The Morgan fingerprint density at radius 2 is 1.87 bits per heavy atom. The SMILES string of the molecule is CCNC(=O)/C=C1\N=C(c2ccc(Cl)cc2)c2cc(Oc3cccc([N+](=O)O)c3)ccc2-n2c(C)nnc21. The second-order valence-electron chi connectivity index (χ2n) is 8.35. The largest absolute Gasteiger partial charge is 0.457 e. The third-order valence-electron chi connectivity index (χ3n) is 5.76. The van der Waals surface area contributed by atoms with Crippen molar-refractivity contribution in [2.24, 2.45) is 4.99 Å². The number of nitrogens with one attached hydrogen (secondary N) is 1. The molecule has 190 valence electrons. The van der Waals surface area contributed by atoms with Crippen molar-refractivity contribution >= 4 is 34.6 Å². The quantitative estimate of drug-likeness (QED) is 0.263. The Kier molecular flexibility index (Phi) is 6.71. The van der Waals surface area contributed by atoms with E-state index in [1.54, 1.807) is 30.3 Å². The molecule has 0 aliphatic carbocycles. The molecule has 0 spiro atoms. The second-order valence-corrected chi connectivity index (χ2v) is 8.79. The zero-order chi connectivity index (χ0) is 26.8. The minimum absolute atomic E-state index is 0.0329. The van der Waals surface area contributed by atoms with E-state index in [0.29, 0.717) is 51.7 Å². The summed E-state index contributed by atoms with van der Waals surface area (Å²) < 4.78 is 7.86. The molecule has 1 aliphatic heterocycles. The molecule has 0 fully saturated rings. The molecule has 10 nitrogen and oxygen atoms in total. The minimum Gasteiger partial charge on any atom is -0.457 e. The Morgan fingerprint density at radius 3 is 2.61 bits per heavy atom. The number of halogens is 1. The first-order valence-electron chi connectivity index (χ1n) is 11.7. The summed E-state index contributed by atoms with van der Waals surface area (Å²) in [5, 5.41) is 21.1. The van der Waals surface area contributed by atoms with Crippen LogP contribution in [0.1, 0.15) is 29.7 Å². The Balaban J connectivity index is 1.70. The number of carbonyl (C=O) groups is 1. The third-order valence-corrected chi connectivity index (χ3v) is 6.01. The van der Waals surface area contributed by atoms with E-state index in [1.807, 2.05) is 42.7 Å². The lowest BCUT2D eigenvalue weighted by atomic mass is 10.00. The number of hydrogen-bond donors (Lipinski definition) is 2. The summed E-state index contributed by atoms with van der Waals surface area (Å²) in [6.45, 7) is 4.11. The van der Waals surface area contributed by atoms with Crippen LogP contribution in [0.5, 0.6) is 11.5 Å². The molecule has 2 heterocycles. The number of rotatable bonds is 6. The van der Waals surface area contributed by atoms with Gasteiger partial charge in [0.05, 0.1) is 22.4 Å². The average Bonchev–Trinajstić information content (AvgIpc) is 3.22. The van der Waals surface area contributed by atoms with Crippen molar-refractivity contribution in [2.75, 3.05) is 6.54 Å². The first-order chi connectivity index (χ1) is 18.3. The first kappa shape index (κ1) is 24.8. The van der Waals surface area contributed by atoms with E-state index in [1.165, 1.54) is 18.2 Å². The number of carbonyl (C=O) groups excluding carboxylic acids is 1. The molecule has 0 bridgehead atoms. The summed E-state index contributed by atoms with van der Waals surface area (Å²) in [7, 11) is 0. The predicted octanol–water partition coefficient (Wildman–Crippen LogP) is 5.15. The number of nitrogens with zero attached hydrogens (tertiary/aromatic N) is 5. The van der Waals surface area contributed by atoms with Crippen molar-refractivity contribution < 1.29 is 19.7 Å². The zero-order valence-corrected chi connectivity index (χ0v) is 21.2. The van der Waals surface area contributed by atoms with Crippen LogP contribution in [-0.2, 0) is 4.79 Å². The molecule has 0 radical (unpaired) electrons. The highest BCUT2D eigenvalue weighted by molar-refractivity contribution is 6.30. The van der Waals surface area contributed by atoms with Crippen molar-refractivity contribution in [1.82, 2.24) is 20.1 Å². The molecule has 5 rings (SSSR count). The van der Waals surface area contributed by atoms with Crippen molar-refractivity contribution in [3.05, 3.63) is 106 Å². The van der Waals surface area contributed by atoms with Crippen LogP contribution in [0.25, 0.3) is 11.4 Å². The Labute approximate surface area is 222 Å².